The number of ketones is 1. The van der Waals surface area contributed by atoms with Crippen molar-refractivity contribution in [2.75, 3.05) is 0 Å². The summed E-state index contributed by atoms with van der Waals surface area (Å²) in [5.74, 6) is 0.734. The second kappa shape index (κ2) is 6.02. The SMILES string of the molecule is Cc1nc2c(n1C)C(=O)c1ccccc1C2=NOCc1ccccc1. The fourth-order valence-corrected chi connectivity index (χ4v) is 3.02. The van der Waals surface area contributed by atoms with E-state index in [1.54, 1.807) is 4.57 Å². The molecule has 0 saturated carbocycles. The van der Waals surface area contributed by atoms with Crippen LogP contribution in [-0.4, -0.2) is 21.0 Å². The van der Waals surface area contributed by atoms with E-state index in [1.807, 2.05) is 68.6 Å². The van der Waals surface area contributed by atoms with Crippen LogP contribution in [0.1, 0.15) is 38.7 Å². The molecule has 5 heteroatoms. The van der Waals surface area contributed by atoms with E-state index in [0.29, 0.717) is 29.3 Å². The Morgan fingerprint density at radius 1 is 1.04 bits per heavy atom. The Hall–Kier alpha value is -3.21. The third-order valence-corrected chi connectivity index (χ3v) is 4.41. The lowest BCUT2D eigenvalue weighted by Crippen LogP contribution is -2.23. The van der Waals surface area contributed by atoms with Crippen LogP contribution in [0.15, 0.2) is 59.8 Å². The van der Waals surface area contributed by atoms with Crippen LogP contribution in [-0.2, 0) is 18.5 Å². The molecular formula is C20H17N3O2. The average molecular weight is 331 g/mol. The zero-order chi connectivity index (χ0) is 17.4. The molecule has 0 spiro atoms. The summed E-state index contributed by atoms with van der Waals surface area (Å²) >= 11 is 0. The van der Waals surface area contributed by atoms with E-state index in [-0.39, 0.29) is 5.78 Å². The lowest BCUT2D eigenvalue weighted by molar-refractivity contribution is 0.102. The minimum Gasteiger partial charge on any atom is -0.390 e. The van der Waals surface area contributed by atoms with Crippen molar-refractivity contribution < 1.29 is 9.63 Å². The summed E-state index contributed by atoms with van der Waals surface area (Å²) in [4.78, 5) is 22.9. The molecule has 0 fully saturated rings. The number of carbonyl (C=O) groups excluding carboxylic acids is 1. The molecule has 25 heavy (non-hydrogen) atoms. The molecule has 1 heterocycles. The van der Waals surface area contributed by atoms with Crippen molar-refractivity contribution in [3.05, 3.63) is 88.5 Å². The van der Waals surface area contributed by atoms with Gasteiger partial charge in [-0.3, -0.25) is 4.79 Å². The first kappa shape index (κ1) is 15.3. The van der Waals surface area contributed by atoms with E-state index >= 15 is 0 Å². The van der Waals surface area contributed by atoms with E-state index in [9.17, 15) is 4.79 Å². The second-order valence-electron chi connectivity index (χ2n) is 5.99. The average Bonchev–Trinajstić information content (AvgIpc) is 2.94. The van der Waals surface area contributed by atoms with Gasteiger partial charge in [0.25, 0.3) is 0 Å². The fraction of sp³-hybridized carbons (Fsp3) is 0.150. The molecule has 2 aromatic carbocycles. The van der Waals surface area contributed by atoms with Gasteiger partial charge in [0, 0.05) is 18.2 Å². The molecule has 1 aliphatic carbocycles. The van der Waals surface area contributed by atoms with Gasteiger partial charge in [-0.25, -0.2) is 4.98 Å². The second-order valence-corrected chi connectivity index (χ2v) is 5.99. The molecule has 0 unspecified atom stereocenters. The highest BCUT2D eigenvalue weighted by atomic mass is 16.6. The Balaban J connectivity index is 1.77. The van der Waals surface area contributed by atoms with Gasteiger partial charge in [0.05, 0.1) is 0 Å². The molecule has 0 atom stereocenters. The van der Waals surface area contributed by atoms with Gasteiger partial charge >= 0.3 is 0 Å². The Kier molecular flexibility index (Phi) is 3.69. The maximum Gasteiger partial charge on any atom is 0.212 e. The third-order valence-electron chi connectivity index (χ3n) is 4.41. The van der Waals surface area contributed by atoms with Crippen molar-refractivity contribution in [2.24, 2.45) is 12.2 Å². The van der Waals surface area contributed by atoms with Crippen molar-refractivity contribution in [3.8, 4) is 0 Å². The van der Waals surface area contributed by atoms with Gasteiger partial charge in [0.2, 0.25) is 5.78 Å². The molecule has 1 aliphatic rings. The highest BCUT2D eigenvalue weighted by Crippen LogP contribution is 2.28. The largest absolute Gasteiger partial charge is 0.390 e. The Morgan fingerprint density at radius 3 is 2.48 bits per heavy atom. The number of nitrogens with zero attached hydrogens (tertiary/aromatic N) is 3. The molecule has 0 bridgehead atoms. The molecule has 124 valence electrons. The number of hydrogen-bond donors (Lipinski definition) is 0. The molecular weight excluding hydrogens is 314 g/mol. The van der Waals surface area contributed by atoms with Gasteiger partial charge in [-0.15, -0.1) is 0 Å². The van der Waals surface area contributed by atoms with Crippen molar-refractivity contribution >= 4 is 11.5 Å². The van der Waals surface area contributed by atoms with Crippen molar-refractivity contribution in [1.29, 1.82) is 0 Å². The summed E-state index contributed by atoms with van der Waals surface area (Å²) in [5, 5.41) is 4.34. The van der Waals surface area contributed by atoms with Crippen LogP contribution >= 0.6 is 0 Å². The smallest absolute Gasteiger partial charge is 0.212 e. The molecule has 0 radical (unpaired) electrons. The zero-order valence-corrected chi connectivity index (χ0v) is 14.1. The molecule has 5 nitrogen and oxygen atoms in total. The van der Waals surface area contributed by atoms with Crippen molar-refractivity contribution in [1.82, 2.24) is 9.55 Å². The Labute approximate surface area is 145 Å². The Morgan fingerprint density at radius 2 is 1.72 bits per heavy atom. The summed E-state index contributed by atoms with van der Waals surface area (Å²) in [5.41, 5.74) is 4.15. The molecule has 0 N–H and O–H groups in total. The van der Waals surface area contributed by atoms with Gasteiger partial charge in [-0.1, -0.05) is 59.8 Å². The summed E-state index contributed by atoms with van der Waals surface area (Å²) in [6, 6.07) is 17.3. The van der Waals surface area contributed by atoms with E-state index in [2.05, 4.69) is 10.1 Å². The van der Waals surface area contributed by atoms with Gasteiger partial charge in [-0.2, -0.15) is 0 Å². The monoisotopic (exact) mass is 331 g/mol. The van der Waals surface area contributed by atoms with Crippen molar-refractivity contribution in [2.45, 2.75) is 13.5 Å². The van der Waals surface area contributed by atoms with Crippen LogP contribution in [0.4, 0.5) is 0 Å². The predicted molar refractivity (Wildman–Crippen MR) is 94.7 cm³/mol. The first-order chi connectivity index (χ1) is 12.2. The highest BCUT2D eigenvalue weighted by molar-refractivity contribution is 6.28. The van der Waals surface area contributed by atoms with Crippen LogP contribution in [0, 0.1) is 6.92 Å². The lowest BCUT2D eigenvalue weighted by atomic mass is 9.89. The molecule has 0 saturated heterocycles. The van der Waals surface area contributed by atoms with Crippen LogP contribution in [0.3, 0.4) is 0 Å². The minimum absolute atomic E-state index is 0.0318. The van der Waals surface area contributed by atoms with Crippen LogP contribution in [0.2, 0.25) is 0 Å². The first-order valence-electron chi connectivity index (χ1n) is 8.08. The third kappa shape index (κ3) is 2.54. The summed E-state index contributed by atoms with van der Waals surface area (Å²) in [6.45, 7) is 2.24. The zero-order valence-electron chi connectivity index (χ0n) is 14.1. The van der Waals surface area contributed by atoms with Crippen LogP contribution in [0.5, 0.6) is 0 Å². The number of oxime groups is 1. The van der Waals surface area contributed by atoms with Gasteiger partial charge in [-0.05, 0) is 12.5 Å². The number of benzene rings is 2. The first-order valence-corrected chi connectivity index (χ1v) is 8.08. The Bertz CT molecular complexity index is 987. The van der Waals surface area contributed by atoms with Crippen LogP contribution in [0.25, 0.3) is 0 Å². The number of carbonyl (C=O) groups is 1. The quantitative estimate of drug-likeness (QED) is 0.542. The van der Waals surface area contributed by atoms with E-state index in [4.69, 9.17) is 4.84 Å². The van der Waals surface area contributed by atoms with Gasteiger partial charge in [0.1, 0.15) is 29.5 Å². The maximum absolute atomic E-state index is 12.8. The molecule has 1 aromatic heterocycles. The van der Waals surface area contributed by atoms with E-state index in [1.165, 1.54) is 0 Å². The summed E-state index contributed by atoms with van der Waals surface area (Å²) < 4.78 is 1.81. The number of aromatic nitrogens is 2. The number of imidazole rings is 1. The predicted octanol–water partition coefficient (Wildman–Crippen LogP) is 3.24. The molecule has 0 amide bonds. The normalized spacial score (nSPS) is 14.3. The van der Waals surface area contributed by atoms with Gasteiger partial charge in [0.15, 0.2) is 0 Å². The number of fused-ring (bicyclic) bond motifs is 2. The maximum atomic E-state index is 12.8. The number of hydrogen-bond acceptors (Lipinski definition) is 4. The standard InChI is InChI=1S/C20H17N3O2/c1-13-21-18-17(22-25-12-14-8-4-3-5-9-14)15-10-6-7-11-16(15)20(24)19(18)23(13)2/h3-11H,12H2,1-2H3. The number of aryl methyl sites for hydroxylation is 1. The fourth-order valence-electron chi connectivity index (χ4n) is 3.02. The highest BCUT2D eigenvalue weighted by Gasteiger charge is 2.33. The molecule has 0 aliphatic heterocycles. The van der Waals surface area contributed by atoms with Gasteiger partial charge < -0.3 is 9.40 Å². The lowest BCUT2D eigenvalue weighted by Gasteiger charge is -2.17. The van der Waals surface area contributed by atoms with E-state index in [0.717, 1.165) is 17.0 Å². The molecule has 4 rings (SSSR count). The topological polar surface area (TPSA) is 56.5 Å². The van der Waals surface area contributed by atoms with Crippen LogP contribution < -0.4 is 0 Å². The summed E-state index contributed by atoms with van der Waals surface area (Å²) in [7, 11) is 1.84. The minimum atomic E-state index is -0.0318. The van der Waals surface area contributed by atoms with E-state index < -0.39 is 0 Å². The number of rotatable bonds is 3. The summed E-state index contributed by atoms with van der Waals surface area (Å²) in [6.07, 6.45) is 0. The van der Waals surface area contributed by atoms with Crippen molar-refractivity contribution in [3.63, 3.8) is 0 Å². The molecule has 3 aromatic rings.